The molecule has 0 aromatic rings. The van der Waals surface area contributed by atoms with Crippen LogP contribution in [0.3, 0.4) is 0 Å². The summed E-state index contributed by atoms with van der Waals surface area (Å²) < 4.78 is 4.97. The fourth-order valence-corrected chi connectivity index (χ4v) is 0.727. The van der Waals surface area contributed by atoms with Gasteiger partial charge in [-0.1, -0.05) is 6.92 Å². The van der Waals surface area contributed by atoms with Gasteiger partial charge in [0.25, 0.3) is 0 Å². The van der Waals surface area contributed by atoms with E-state index in [0.717, 1.165) is 13.0 Å². The third kappa shape index (κ3) is 1.80. The molecular weight excluding hydrogens is 104 g/mol. The quantitative estimate of drug-likeness (QED) is 0.541. The zero-order valence-corrected chi connectivity index (χ0v) is 5.13. The van der Waals surface area contributed by atoms with E-state index in [4.69, 9.17) is 9.84 Å². The highest BCUT2D eigenvalue weighted by molar-refractivity contribution is 4.71. The standard InChI is InChI=1S/C6H12O2/c1-5(3-7)2-6-4-8-6/h5-7H,2-4H2,1H3. The van der Waals surface area contributed by atoms with Gasteiger partial charge in [0.05, 0.1) is 12.7 Å². The zero-order chi connectivity index (χ0) is 5.98. The summed E-state index contributed by atoms with van der Waals surface area (Å²) in [7, 11) is 0. The predicted octanol–water partition coefficient (Wildman–Crippen LogP) is 0.404. The molecule has 0 amide bonds. The van der Waals surface area contributed by atoms with Crippen LogP contribution in [0.1, 0.15) is 13.3 Å². The molecule has 1 N–H and O–H groups in total. The van der Waals surface area contributed by atoms with Gasteiger partial charge in [-0.3, -0.25) is 0 Å². The first-order valence-corrected chi connectivity index (χ1v) is 3.05. The van der Waals surface area contributed by atoms with E-state index in [1.54, 1.807) is 0 Å². The molecule has 0 aromatic carbocycles. The van der Waals surface area contributed by atoms with Crippen LogP contribution >= 0.6 is 0 Å². The van der Waals surface area contributed by atoms with E-state index in [9.17, 15) is 0 Å². The van der Waals surface area contributed by atoms with Crippen LogP contribution in [-0.2, 0) is 4.74 Å². The number of epoxide rings is 1. The van der Waals surface area contributed by atoms with Crippen molar-refractivity contribution < 1.29 is 9.84 Å². The molecule has 2 atom stereocenters. The fraction of sp³-hybridized carbons (Fsp3) is 1.00. The lowest BCUT2D eigenvalue weighted by Crippen LogP contribution is -2.03. The number of hydrogen-bond donors (Lipinski definition) is 1. The molecule has 8 heavy (non-hydrogen) atoms. The van der Waals surface area contributed by atoms with Gasteiger partial charge in [0.2, 0.25) is 0 Å². The number of aliphatic hydroxyl groups excluding tert-OH is 1. The summed E-state index contributed by atoms with van der Waals surface area (Å²) in [4.78, 5) is 0. The van der Waals surface area contributed by atoms with Crippen molar-refractivity contribution in [3.63, 3.8) is 0 Å². The SMILES string of the molecule is CC(CO)CC1CO1. The van der Waals surface area contributed by atoms with Crippen LogP contribution in [0.5, 0.6) is 0 Å². The van der Waals surface area contributed by atoms with Gasteiger partial charge in [-0.25, -0.2) is 0 Å². The van der Waals surface area contributed by atoms with Gasteiger partial charge in [-0.05, 0) is 12.3 Å². The second kappa shape index (κ2) is 2.46. The first-order valence-electron chi connectivity index (χ1n) is 3.05. The van der Waals surface area contributed by atoms with Gasteiger partial charge < -0.3 is 9.84 Å². The van der Waals surface area contributed by atoms with E-state index < -0.39 is 0 Å². The summed E-state index contributed by atoms with van der Waals surface area (Å²) in [5.74, 6) is 0.419. The number of aliphatic hydroxyl groups is 1. The molecule has 48 valence electrons. The van der Waals surface area contributed by atoms with Crippen molar-refractivity contribution in [1.82, 2.24) is 0 Å². The molecule has 0 spiro atoms. The lowest BCUT2D eigenvalue weighted by molar-refractivity contribution is 0.218. The Kier molecular flexibility index (Phi) is 1.86. The summed E-state index contributed by atoms with van der Waals surface area (Å²) in [5, 5.41) is 8.56. The maximum atomic E-state index is 8.56. The number of rotatable bonds is 3. The first kappa shape index (κ1) is 6.05. The van der Waals surface area contributed by atoms with Crippen LogP contribution < -0.4 is 0 Å². The molecule has 1 fully saturated rings. The summed E-state index contributed by atoms with van der Waals surface area (Å²) in [6, 6.07) is 0. The molecule has 1 aliphatic heterocycles. The van der Waals surface area contributed by atoms with E-state index in [0.29, 0.717) is 18.6 Å². The Morgan fingerprint density at radius 2 is 2.50 bits per heavy atom. The van der Waals surface area contributed by atoms with Crippen molar-refractivity contribution in [2.24, 2.45) is 5.92 Å². The lowest BCUT2D eigenvalue weighted by Gasteiger charge is -2.01. The maximum absolute atomic E-state index is 8.56. The third-order valence-electron chi connectivity index (χ3n) is 1.38. The first-order chi connectivity index (χ1) is 3.83. The Balaban J connectivity index is 1.98. The van der Waals surface area contributed by atoms with Crippen molar-refractivity contribution in [3.05, 3.63) is 0 Å². The van der Waals surface area contributed by atoms with Crippen molar-refractivity contribution in [2.75, 3.05) is 13.2 Å². The molecule has 2 unspecified atom stereocenters. The molecule has 1 saturated heterocycles. The van der Waals surface area contributed by atoms with Gasteiger partial charge in [-0.2, -0.15) is 0 Å². The van der Waals surface area contributed by atoms with Crippen molar-refractivity contribution >= 4 is 0 Å². The largest absolute Gasteiger partial charge is 0.396 e. The Hall–Kier alpha value is -0.0800. The molecule has 0 bridgehead atoms. The predicted molar refractivity (Wildman–Crippen MR) is 30.6 cm³/mol. The van der Waals surface area contributed by atoms with Crippen LogP contribution in [0.25, 0.3) is 0 Å². The third-order valence-corrected chi connectivity index (χ3v) is 1.38. The average Bonchev–Trinajstić information content (AvgIpc) is 2.50. The minimum atomic E-state index is 0.292. The molecule has 1 rings (SSSR count). The molecule has 2 nitrogen and oxygen atoms in total. The van der Waals surface area contributed by atoms with Gasteiger partial charge in [0.1, 0.15) is 0 Å². The number of ether oxygens (including phenoxy) is 1. The van der Waals surface area contributed by atoms with Crippen molar-refractivity contribution in [2.45, 2.75) is 19.4 Å². The molecule has 0 aliphatic carbocycles. The smallest absolute Gasteiger partial charge is 0.0813 e. The molecule has 1 heterocycles. The molecule has 1 aliphatic rings. The zero-order valence-electron chi connectivity index (χ0n) is 5.13. The molecule has 0 saturated carbocycles. The summed E-state index contributed by atoms with van der Waals surface area (Å²) >= 11 is 0. The van der Waals surface area contributed by atoms with E-state index in [2.05, 4.69) is 0 Å². The highest BCUT2D eigenvalue weighted by atomic mass is 16.6. The molecule has 2 heteroatoms. The van der Waals surface area contributed by atoms with Crippen molar-refractivity contribution in [3.8, 4) is 0 Å². The topological polar surface area (TPSA) is 32.8 Å². The Morgan fingerprint density at radius 1 is 1.88 bits per heavy atom. The second-order valence-corrected chi connectivity index (χ2v) is 2.48. The van der Waals surface area contributed by atoms with Gasteiger partial charge in [-0.15, -0.1) is 0 Å². The minimum absolute atomic E-state index is 0.292. The van der Waals surface area contributed by atoms with Crippen LogP contribution in [0, 0.1) is 5.92 Å². The Bertz CT molecular complexity index is 68.9. The summed E-state index contributed by atoms with van der Waals surface area (Å²) in [6.45, 7) is 3.23. The summed E-state index contributed by atoms with van der Waals surface area (Å²) in [6.07, 6.45) is 1.49. The molecular formula is C6H12O2. The minimum Gasteiger partial charge on any atom is -0.396 e. The summed E-state index contributed by atoms with van der Waals surface area (Å²) in [5.41, 5.74) is 0. The average molecular weight is 116 g/mol. The second-order valence-electron chi connectivity index (χ2n) is 2.48. The fourth-order valence-electron chi connectivity index (χ4n) is 0.727. The van der Waals surface area contributed by atoms with Crippen LogP contribution in [0.15, 0.2) is 0 Å². The van der Waals surface area contributed by atoms with Crippen LogP contribution in [0.4, 0.5) is 0 Å². The van der Waals surface area contributed by atoms with Crippen LogP contribution in [-0.4, -0.2) is 24.4 Å². The van der Waals surface area contributed by atoms with E-state index in [1.165, 1.54) is 0 Å². The molecule has 0 radical (unpaired) electrons. The molecule has 0 aromatic heterocycles. The van der Waals surface area contributed by atoms with Gasteiger partial charge in [0.15, 0.2) is 0 Å². The van der Waals surface area contributed by atoms with E-state index in [-0.39, 0.29) is 0 Å². The lowest BCUT2D eigenvalue weighted by atomic mass is 10.1. The Labute approximate surface area is 49.5 Å². The Morgan fingerprint density at radius 3 is 2.88 bits per heavy atom. The maximum Gasteiger partial charge on any atom is 0.0813 e. The normalized spacial score (nSPS) is 30.0. The van der Waals surface area contributed by atoms with E-state index >= 15 is 0 Å². The highest BCUT2D eigenvalue weighted by Gasteiger charge is 2.23. The van der Waals surface area contributed by atoms with Gasteiger partial charge in [0, 0.05) is 6.61 Å². The highest BCUT2D eigenvalue weighted by Crippen LogP contribution is 2.18. The van der Waals surface area contributed by atoms with Crippen molar-refractivity contribution in [1.29, 1.82) is 0 Å². The van der Waals surface area contributed by atoms with E-state index in [1.807, 2.05) is 6.92 Å². The van der Waals surface area contributed by atoms with Gasteiger partial charge >= 0.3 is 0 Å². The number of hydrogen-bond acceptors (Lipinski definition) is 2. The monoisotopic (exact) mass is 116 g/mol. The van der Waals surface area contributed by atoms with Crippen LogP contribution in [0.2, 0.25) is 0 Å².